The third-order valence-corrected chi connectivity index (χ3v) is 5.12. The second kappa shape index (κ2) is 4.75. The number of piperidine rings is 1. The predicted octanol–water partition coefficient (Wildman–Crippen LogP) is 4.18. The third-order valence-electron chi connectivity index (χ3n) is 5.12. The van der Waals surface area contributed by atoms with Crippen molar-refractivity contribution in [2.24, 2.45) is 5.92 Å². The van der Waals surface area contributed by atoms with Crippen molar-refractivity contribution < 1.29 is 0 Å². The van der Waals surface area contributed by atoms with E-state index in [9.17, 15) is 0 Å². The third kappa shape index (κ3) is 1.73. The Morgan fingerprint density at radius 1 is 0.900 bits per heavy atom. The zero-order valence-electron chi connectivity index (χ0n) is 12.0. The Kier molecular flexibility index (Phi) is 2.89. The smallest absolute Gasteiger partial charge is 0.0360 e. The average Bonchev–Trinajstić information content (AvgIpc) is 2.83. The summed E-state index contributed by atoms with van der Waals surface area (Å²) in [7, 11) is 0. The van der Waals surface area contributed by atoms with Crippen LogP contribution in [0, 0.1) is 12.8 Å². The number of benzene rings is 2. The molecule has 1 fully saturated rings. The first-order valence-electron chi connectivity index (χ1n) is 7.74. The second-order valence-corrected chi connectivity index (χ2v) is 6.20. The fraction of sp³-hybridized carbons (Fsp3) is 0.368. The molecular weight excluding hydrogens is 242 g/mol. The molecule has 0 bridgehead atoms. The van der Waals surface area contributed by atoms with Crippen LogP contribution in [-0.2, 0) is 0 Å². The van der Waals surface area contributed by atoms with Crippen LogP contribution in [0.5, 0.6) is 0 Å². The van der Waals surface area contributed by atoms with Gasteiger partial charge in [-0.3, -0.25) is 0 Å². The van der Waals surface area contributed by atoms with Crippen molar-refractivity contribution >= 4 is 0 Å². The maximum Gasteiger partial charge on any atom is 0.0360 e. The molecular formula is C19H21N. The van der Waals surface area contributed by atoms with E-state index in [-0.39, 0.29) is 0 Å². The van der Waals surface area contributed by atoms with Crippen LogP contribution < -0.4 is 5.32 Å². The lowest BCUT2D eigenvalue weighted by Crippen LogP contribution is -2.33. The Labute approximate surface area is 121 Å². The Balaban J connectivity index is 1.88. The van der Waals surface area contributed by atoms with E-state index in [0.717, 1.165) is 12.5 Å². The molecule has 2 aromatic carbocycles. The Morgan fingerprint density at radius 3 is 2.40 bits per heavy atom. The maximum absolute atomic E-state index is 3.76. The molecule has 4 rings (SSSR count). The number of fused-ring (bicyclic) bond motifs is 3. The SMILES string of the molecule is Cc1ccccc1C1c2ccccc2C2NCCCC21. The van der Waals surface area contributed by atoms with E-state index in [1.54, 1.807) is 5.56 Å². The van der Waals surface area contributed by atoms with Gasteiger partial charge in [-0.05, 0) is 54.5 Å². The van der Waals surface area contributed by atoms with Crippen LogP contribution in [-0.4, -0.2) is 6.54 Å². The summed E-state index contributed by atoms with van der Waals surface area (Å²) in [4.78, 5) is 0. The monoisotopic (exact) mass is 263 g/mol. The van der Waals surface area contributed by atoms with Gasteiger partial charge in [-0.15, -0.1) is 0 Å². The van der Waals surface area contributed by atoms with Crippen molar-refractivity contribution in [1.29, 1.82) is 0 Å². The van der Waals surface area contributed by atoms with E-state index in [1.807, 2.05) is 0 Å². The molecule has 102 valence electrons. The molecule has 1 heteroatoms. The molecule has 0 saturated carbocycles. The van der Waals surface area contributed by atoms with E-state index < -0.39 is 0 Å². The molecule has 2 aliphatic rings. The van der Waals surface area contributed by atoms with Crippen molar-refractivity contribution in [2.75, 3.05) is 6.54 Å². The van der Waals surface area contributed by atoms with Crippen molar-refractivity contribution in [1.82, 2.24) is 5.32 Å². The van der Waals surface area contributed by atoms with Crippen LogP contribution in [0.3, 0.4) is 0 Å². The van der Waals surface area contributed by atoms with Crippen molar-refractivity contribution in [3.63, 3.8) is 0 Å². The molecule has 1 N–H and O–H groups in total. The van der Waals surface area contributed by atoms with Gasteiger partial charge in [-0.25, -0.2) is 0 Å². The highest BCUT2D eigenvalue weighted by molar-refractivity contribution is 5.48. The van der Waals surface area contributed by atoms with E-state index >= 15 is 0 Å². The fourth-order valence-corrected chi connectivity index (χ4v) is 4.25. The molecule has 1 aliphatic heterocycles. The van der Waals surface area contributed by atoms with Gasteiger partial charge < -0.3 is 5.32 Å². The largest absolute Gasteiger partial charge is 0.310 e. The van der Waals surface area contributed by atoms with Crippen LogP contribution in [0.2, 0.25) is 0 Å². The number of rotatable bonds is 1. The minimum absolute atomic E-state index is 0.560. The van der Waals surface area contributed by atoms with E-state index in [0.29, 0.717) is 12.0 Å². The van der Waals surface area contributed by atoms with Gasteiger partial charge in [0.15, 0.2) is 0 Å². The summed E-state index contributed by atoms with van der Waals surface area (Å²) < 4.78 is 0. The second-order valence-electron chi connectivity index (χ2n) is 6.20. The zero-order valence-corrected chi connectivity index (χ0v) is 12.0. The highest BCUT2D eigenvalue weighted by Gasteiger charge is 2.42. The van der Waals surface area contributed by atoms with E-state index in [2.05, 4.69) is 60.8 Å². The van der Waals surface area contributed by atoms with Gasteiger partial charge in [-0.1, -0.05) is 48.5 Å². The van der Waals surface area contributed by atoms with Crippen molar-refractivity contribution in [2.45, 2.75) is 31.7 Å². The van der Waals surface area contributed by atoms with Gasteiger partial charge in [0.2, 0.25) is 0 Å². The summed E-state index contributed by atoms with van der Waals surface area (Å²) in [5.74, 6) is 1.30. The number of hydrogen-bond acceptors (Lipinski definition) is 1. The number of aryl methyl sites for hydroxylation is 1. The molecule has 0 aromatic heterocycles. The lowest BCUT2D eigenvalue weighted by molar-refractivity contribution is 0.286. The Bertz CT molecular complexity index is 631. The molecule has 1 heterocycles. The normalized spacial score (nSPS) is 27.9. The molecule has 3 atom stereocenters. The quantitative estimate of drug-likeness (QED) is 0.814. The lowest BCUT2D eigenvalue weighted by Gasteiger charge is -2.31. The molecule has 0 radical (unpaired) electrons. The summed E-state index contributed by atoms with van der Waals surface area (Å²) in [5.41, 5.74) is 6.03. The summed E-state index contributed by atoms with van der Waals surface area (Å²) >= 11 is 0. The first-order chi connectivity index (χ1) is 9.86. The maximum atomic E-state index is 3.76. The van der Waals surface area contributed by atoms with Gasteiger partial charge in [0.1, 0.15) is 0 Å². The van der Waals surface area contributed by atoms with Crippen LogP contribution in [0.25, 0.3) is 0 Å². The van der Waals surface area contributed by atoms with Crippen molar-refractivity contribution in [3.8, 4) is 0 Å². The number of hydrogen-bond donors (Lipinski definition) is 1. The van der Waals surface area contributed by atoms with Gasteiger partial charge >= 0.3 is 0 Å². The van der Waals surface area contributed by atoms with Crippen LogP contribution in [0.4, 0.5) is 0 Å². The first kappa shape index (κ1) is 12.2. The minimum atomic E-state index is 0.560. The topological polar surface area (TPSA) is 12.0 Å². The zero-order chi connectivity index (χ0) is 13.5. The Hall–Kier alpha value is -1.60. The predicted molar refractivity (Wildman–Crippen MR) is 82.9 cm³/mol. The van der Waals surface area contributed by atoms with E-state index in [4.69, 9.17) is 0 Å². The molecule has 2 aromatic rings. The van der Waals surface area contributed by atoms with Gasteiger partial charge in [0.05, 0.1) is 0 Å². The molecule has 1 nitrogen and oxygen atoms in total. The van der Waals surface area contributed by atoms with E-state index in [1.165, 1.54) is 29.5 Å². The molecule has 0 amide bonds. The highest BCUT2D eigenvalue weighted by atomic mass is 14.9. The minimum Gasteiger partial charge on any atom is -0.310 e. The lowest BCUT2D eigenvalue weighted by atomic mass is 9.79. The molecule has 0 spiro atoms. The fourth-order valence-electron chi connectivity index (χ4n) is 4.25. The summed E-state index contributed by atoms with van der Waals surface area (Å²) in [6, 6.07) is 18.5. The molecule has 1 saturated heterocycles. The number of nitrogens with one attached hydrogen (secondary N) is 1. The summed E-state index contributed by atoms with van der Waals surface area (Å²) in [5, 5.41) is 3.76. The molecule has 20 heavy (non-hydrogen) atoms. The van der Waals surface area contributed by atoms with Crippen LogP contribution in [0.15, 0.2) is 48.5 Å². The van der Waals surface area contributed by atoms with Crippen LogP contribution in [0.1, 0.15) is 47.1 Å². The van der Waals surface area contributed by atoms with Gasteiger partial charge in [-0.2, -0.15) is 0 Å². The van der Waals surface area contributed by atoms with Gasteiger partial charge in [0, 0.05) is 12.0 Å². The average molecular weight is 263 g/mol. The first-order valence-corrected chi connectivity index (χ1v) is 7.74. The van der Waals surface area contributed by atoms with Gasteiger partial charge in [0.25, 0.3) is 0 Å². The Morgan fingerprint density at radius 2 is 1.60 bits per heavy atom. The standard InChI is InChI=1S/C19H21N/c1-13-7-2-3-8-14(13)18-15-9-4-5-10-16(15)19-17(18)11-6-12-20-19/h2-5,7-10,17-20H,6,11-12H2,1H3. The molecule has 1 aliphatic carbocycles. The summed E-state index contributed by atoms with van der Waals surface area (Å²) in [6.07, 6.45) is 2.64. The highest BCUT2D eigenvalue weighted by Crippen LogP contribution is 2.52. The summed E-state index contributed by atoms with van der Waals surface area (Å²) in [6.45, 7) is 3.41. The van der Waals surface area contributed by atoms with Crippen molar-refractivity contribution in [3.05, 3.63) is 70.8 Å². The van der Waals surface area contributed by atoms with Crippen LogP contribution >= 0.6 is 0 Å². The molecule has 3 unspecified atom stereocenters.